The highest BCUT2D eigenvalue weighted by atomic mass is 16.5. The predicted molar refractivity (Wildman–Crippen MR) is 146 cm³/mol. The van der Waals surface area contributed by atoms with Crippen LogP contribution in [0.25, 0.3) is 0 Å². The fourth-order valence-electron chi connectivity index (χ4n) is 9.59. The largest absolute Gasteiger partial charge is 0.458 e. The number of hydrogen-bond donors (Lipinski definition) is 5. The minimum absolute atomic E-state index is 0.0199. The molecule has 0 bridgehead atoms. The Hall–Kier alpha value is -1.36. The first-order valence-corrected chi connectivity index (χ1v) is 15.1. The Morgan fingerprint density at radius 2 is 1.77 bits per heavy atom. The third kappa shape index (κ3) is 4.81. The SMILES string of the molecule is CC12CC[C@H]3C(CCC4(O)CC(O)CCC34C=NCCCN(CCO)CCO)C1(O)CCC2C1=CC(=O)OC1. The predicted octanol–water partition coefficient (Wildman–Crippen LogP) is 1.45. The summed E-state index contributed by atoms with van der Waals surface area (Å²) >= 11 is 0. The summed E-state index contributed by atoms with van der Waals surface area (Å²) < 4.78 is 5.24. The third-order valence-electron chi connectivity index (χ3n) is 11.6. The molecule has 0 aromatic heterocycles. The summed E-state index contributed by atoms with van der Waals surface area (Å²) in [5.41, 5.74) is -1.87. The molecule has 9 nitrogen and oxygen atoms in total. The summed E-state index contributed by atoms with van der Waals surface area (Å²) in [5, 5.41) is 53.7. The van der Waals surface area contributed by atoms with Gasteiger partial charge in [0.1, 0.15) is 6.61 Å². The molecule has 1 aliphatic heterocycles. The third-order valence-corrected chi connectivity index (χ3v) is 11.6. The Bertz CT molecular complexity index is 967. The van der Waals surface area contributed by atoms with E-state index in [1.165, 1.54) is 0 Å². The van der Waals surface area contributed by atoms with E-state index in [1.54, 1.807) is 6.08 Å². The minimum Gasteiger partial charge on any atom is -0.458 e. The van der Waals surface area contributed by atoms with E-state index in [4.69, 9.17) is 9.73 Å². The Morgan fingerprint density at radius 1 is 1.03 bits per heavy atom. The summed E-state index contributed by atoms with van der Waals surface area (Å²) in [7, 11) is 0. The molecule has 39 heavy (non-hydrogen) atoms. The van der Waals surface area contributed by atoms with Gasteiger partial charge in [-0.05, 0) is 81.1 Å². The van der Waals surface area contributed by atoms with Gasteiger partial charge in [0.2, 0.25) is 0 Å². The molecule has 4 saturated carbocycles. The van der Waals surface area contributed by atoms with E-state index in [0.717, 1.165) is 37.8 Å². The lowest BCUT2D eigenvalue weighted by molar-refractivity contribution is -0.237. The Labute approximate surface area is 232 Å². The smallest absolute Gasteiger partial charge is 0.331 e. The van der Waals surface area contributed by atoms with Crippen molar-refractivity contribution in [2.75, 3.05) is 46.0 Å². The lowest BCUT2D eigenvalue weighted by atomic mass is 9.41. The van der Waals surface area contributed by atoms with Gasteiger partial charge in [-0.1, -0.05) is 6.92 Å². The quantitative estimate of drug-likeness (QED) is 0.157. The number of aliphatic hydroxyl groups is 5. The molecule has 7 unspecified atom stereocenters. The number of nitrogens with zero attached hydrogens (tertiary/aromatic N) is 2. The van der Waals surface area contributed by atoms with Gasteiger partial charge in [0.25, 0.3) is 0 Å². The Morgan fingerprint density at radius 3 is 2.46 bits per heavy atom. The van der Waals surface area contributed by atoms with Gasteiger partial charge in [-0.2, -0.15) is 0 Å². The molecule has 0 radical (unpaired) electrons. The van der Waals surface area contributed by atoms with Crippen LogP contribution in [-0.2, 0) is 9.53 Å². The van der Waals surface area contributed by atoms with E-state index >= 15 is 0 Å². The molecule has 1 heterocycles. The van der Waals surface area contributed by atoms with Gasteiger partial charge in [0.15, 0.2) is 0 Å². The van der Waals surface area contributed by atoms with Crippen molar-refractivity contribution in [3.8, 4) is 0 Å². The fraction of sp³-hybridized carbons (Fsp3) is 0.867. The van der Waals surface area contributed by atoms with Crippen molar-refractivity contribution in [1.82, 2.24) is 4.90 Å². The van der Waals surface area contributed by atoms with E-state index < -0.39 is 22.7 Å². The van der Waals surface area contributed by atoms with E-state index in [1.807, 2.05) is 11.1 Å². The number of hydrogen-bond acceptors (Lipinski definition) is 9. The van der Waals surface area contributed by atoms with Crippen LogP contribution in [0.5, 0.6) is 0 Å². The standard InChI is InChI=1S/C30H48N2O7/c1-27-7-4-24-25(30(27,38)10-6-23(27)21-17-26(36)39-19-21)5-9-29(37)18-22(35)3-8-28(24,29)20-31-11-2-12-32(13-15-33)14-16-34/h17,20,22-25,33-35,37-38H,2-16,18-19H2,1H3/t22?,23?,24-,25?,27?,28?,29?,30?/m0/s1. The summed E-state index contributed by atoms with van der Waals surface area (Å²) in [6.45, 7) is 4.96. The highest BCUT2D eigenvalue weighted by Gasteiger charge is 2.71. The molecular weight excluding hydrogens is 500 g/mol. The molecule has 5 N–H and O–H groups in total. The first-order chi connectivity index (χ1) is 18.6. The van der Waals surface area contributed by atoms with Crippen molar-refractivity contribution in [3.63, 3.8) is 0 Å². The minimum atomic E-state index is -1.05. The molecule has 0 saturated heterocycles. The molecule has 0 aromatic rings. The molecule has 5 aliphatic rings. The normalized spacial score (nSPS) is 43.8. The average Bonchev–Trinajstić information content (AvgIpc) is 3.43. The first-order valence-electron chi connectivity index (χ1n) is 15.1. The maximum Gasteiger partial charge on any atom is 0.331 e. The molecule has 4 aliphatic carbocycles. The molecule has 0 aromatic carbocycles. The highest BCUT2D eigenvalue weighted by Crippen LogP contribution is 2.70. The molecule has 8 atom stereocenters. The fourth-order valence-corrected chi connectivity index (χ4v) is 9.59. The van der Waals surface area contributed by atoms with Gasteiger partial charge in [-0.3, -0.25) is 9.89 Å². The average molecular weight is 549 g/mol. The number of aliphatic imine (C=N–C) groups is 1. The topological polar surface area (TPSA) is 143 Å². The number of aliphatic hydroxyl groups excluding tert-OH is 3. The monoisotopic (exact) mass is 548 g/mol. The van der Waals surface area contributed by atoms with E-state index in [9.17, 15) is 30.3 Å². The summed E-state index contributed by atoms with van der Waals surface area (Å²) in [6.07, 6.45) is 9.94. The van der Waals surface area contributed by atoms with Crippen LogP contribution in [0.1, 0.15) is 71.1 Å². The van der Waals surface area contributed by atoms with E-state index in [2.05, 4.69) is 6.92 Å². The van der Waals surface area contributed by atoms with E-state index in [0.29, 0.717) is 64.8 Å². The Kier molecular flexibility index (Phi) is 8.32. The number of fused-ring (bicyclic) bond motifs is 5. The molecule has 4 fully saturated rings. The lowest BCUT2D eigenvalue weighted by Gasteiger charge is -2.65. The van der Waals surface area contributed by atoms with Crippen LogP contribution in [0.15, 0.2) is 16.6 Å². The zero-order valence-electron chi connectivity index (χ0n) is 23.4. The van der Waals surface area contributed by atoms with Crippen molar-refractivity contribution in [3.05, 3.63) is 11.6 Å². The number of carbonyl (C=O) groups excluding carboxylic acids is 1. The maximum absolute atomic E-state index is 12.5. The second kappa shape index (κ2) is 11.1. The zero-order chi connectivity index (χ0) is 27.9. The van der Waals surface area contributed by atoms with Gasteiger partial charge in [-0.25, -0.2) is 4.79 Å². The summed E-state index contributed by atoms with van der Waals surface area (Å²) in [4.78, 5) is 18.7. The van der Waals surface area contributed by atoms with Gasteiger partial charge < -0.3 is 30.3 Å². The summed E-state index contributed by atoms with van der Waals surface area (Å²) in [5.74, 6) is -0.0759. The second-order valence-electron chi connectivity index (χ2n) is 13.2. The van der Waals surface area contributed by atoms with Crippen molar-refractivity contribution < 1.29 is 35.1 Å². The lowest BCUT2D eigenvalue weighted by Crippen LogP contribution is -2.68. The van der Waals surface area contributed by atoms with Crippen LogP contribution >= 0.6 is 0 Å². The van der Waals surface area contributed by atoms with Crippen molar-refractivity contribution >= 4 is 12.2 Å². The second-order valence-corrected chi connectivity index (χ2v) is 13.2. The first kappa shape index (κ1) is 29.1. The molecular formula is C30H48N2O7. The molecule has 0 amide bonds. The van der Waals surface area contributed by atoms with Gasteiger partial charge >= 0.3 is 5.97 Å². The van der Waals surface area contributed by atoms with Crippen LogP contribution < -0.4 is 0 Å². The highest BCUT2D eigenvalue weighted by molar-refractivity contribution is 5.85. The van der Waals surface area contributed by atoms with Crippen LogP contribution in [-0.4, -0.2) is 106 Å². The van der Waals surface area contributed by atoms with Crippen LogP contribution in [0.4, 0.5) is 0 Å². The molecule has 9 heteroatoms. The summed E-state index contributed by atoms with van der Waals surface area (Å²) in [6, 6.07) is 0. The molecule has 220 valence electrons. The van der Waals surface area contributed by atoms with Gasteiger partial charge in [0.05, 0.1) is 30.5 Å². The van der Waals surface area contributed by atoms with Gasteiger partial charge in [-0.15, -0.1) is 0 Å². The number of ether oxygens (including phenoxy) is 1. The van der Waals surface area contributed by atoms with Gasteiger partial charge in [0, 0.05) is 55.7 Å². The number of carbonyl (C=O) groups is 1. The van der Waals surface area contributed by atoms with E-state index in [-0.39, 0.29) is 42.4 Å². The number of cyclic esters (lactones) is 1. The van der Waals surface area contributed by atoms with Crippen molar-refractivity contribution in [2.24, 2.45) is 33.6 Å². The van der Waals surface area contributed by atoms with Crippen molar-refractivity contribution in [1.29, 1.82) is 0 Å². The molecule has 0 spiro atoms. The number of rotatable bonds is 10. The Balaban J connectivity index is 1.38. The van der Waals surface area contributed by atoms with Crippen LogP contribution in [0.3, 0.4) is 0 Å². The molecule has 5 rings (SSSR count). The van der Waals surface area contributed by atoms with Crippen LogP contribution in [0.2, 0.25) is 0 Å². The van der Waals surface area contributed by atoms with Crippen molar-refractivity contribution in [2.45, 2.75) is 88.4 Å². The number of esters is 1. The zero-order valence-corrected chi connectivity index (χ0v) is 23.4. The van der Waals surface area contributed by atoms with Crippen LogP contribution in [0, 0.1) is 28.6 Å². The maximum atomic E-state index is 12.5.